The second-order valence-corrected chi connectivity index (χ2v) is 4.82. The highest BCUT2D eigenvalue weighted by Gasteiger charge is 2.32. The Kier molecular flexibility index (Phi) is 6.87. The van der Waals surface area contributed by atoms with Gasteiger partial charge >= 0.3 is 6.18 Å². The monoisotopic (exact) mass is 307 g/mol. The molecule has 1 rings (SSSR count). The topological polar surface area (TPSA) is 28.2 Å². The van der Waals surface area contributed by atoms with Crippen LogP contribution in [0.1, 0.15) is 32.3 Å². The Hall–Kier alpha value is -1.37. The third-order valence-corrected chi connectivity index (χ3v) is 2.86. The molecule has 1 aromatic rings. The van der Waals surface area contributed by atoms with Crippen molar-refractivity contribution in [3.05, 3.63) is 23.6 Å². The van der Waals surface area contributed by atoms with Crippen LogP contribution in [-0.2, 0) is 6.54 Å². The highest BCUT2D eigenvalue weighted by Crippen LogP contribution is 2.24. The summed E-state index contributed by atoms with van der Waals surface area (Å²) in [6.07, 6.45) is -1.66. The van der Waals surface area contributed by atoms with Crippen molar-refractivity contribution < 1.29 is 17.6 Å². The quantitative estimate of drug-likeness (QED) is 0.588. The first-order valence-corrected chi connectivity index (χ1v) is 7.04. The van der Waals surface area contributed by atoms with E-state index < -0.39 is 18.5 Å². The molecule has 0 aliphatic carbocycles. The Morgan fingerprint density at radius 2 is 1.95 bits per heavy atom. The van der Waals surface area contributed by atoms with Gasteiger partial charge in [0.1, 0.15) is 6.54 Å². The SMILES string of the molecule is CCCNCc1ccnc(N(CCC)CC(F)(F)F)c1F. The summed E-state index contributed by atoms with van der Waals surface area (Å²) in [4.78, 5) is 4.74. The maximum absolute atomic E-state index is 14.3. The first-order chi connectivity index (χ1) is 9.89. The lowest BCUT2D eigenvalue weighted by Crippen LogP contribution is -2.36. The van der Waals surface area contributed by atoms with E-state index in [-0.39, 0.29) is 18.9 Å². The minimum atomic E-state index is -4.39. The summed E-state index contributed by atoms with van der Waals surface area (Å²) in [6, 6.07) is 1.49. The fourth-order valence-electron chi connectivity index (χ4n) is 1.97. The van der Waals surface area contributed by atoms with Crippen molar-refractivity contribution in [2.24, 2.45) is 0 Å². The lowest BCUT2D eigenvalue weighted by atomic mass is 10.2. The Balaban J connectivity index is 2.94. The number of rotatable bonds is 8. The molecule has 120 valence electrons. The number of nitrogens with one attached hydrogen (secondary N) is 1. The Morgan fingerprint density at radius 3 is 2.52 bits per heavy atom. The van der Waals surface area contributed by atoms with Crippen molar-refractivity contribution >= 4 is 5.82 Å². The second-order valence-electron chi connectivity index (χ2n) is 4.82. The number of anilines is 1. The highest BCUT2D eigenvalue weighted by atomic mass is 19.4. The molecule has 1 aromatic heterocycles. The van der Waals surface area contributed by atoms with Crippen LogP contribution in [0.25, 0.3) is 0 Å². The Labute approximate surface area is 122 Å². The number of pyridine rings is 1. The summed E-state index contributed by atoms with van der Waals surface area (Å²) < 4.78 is 52.1. The maximum Gasteiger partial charge on any atom is 0.405 e. The lowest BCUT2D eigenvalue weighted by Gasteiger charge is -2.25. The predicted octanol–water partition coefficient (Wildman–Crippen LogP) is 3.50. The molecule has 0 aliphatic heterocycles. The summed E-state index contributed by atoms with van der Waals surface area (Å²) in [7, 11) is 0. The van der Waals surface area contributed by atoms with Crippen LogP contribution in [-0.4, -0.2) is 30.8 Å². The molecule has 0 saturated carbocycles. The van der Waals surface area contributed by atoms with Crippen molar-refractivity contribution in [2.75, 3.05) is 24.5 Å². The van der Waals surface area contributed by atoms with Crippen molar-refractivity contribution in [3.63, 3.8) is 0 Å². The van der Waals surface area contributed by atoms with Gasteiger partial charge in [-0.25, -0.2) is 9.37 Å². The van der Waals surface area contributed by atoms with Crippen LogP contribution < -0.4 is 10.2 Å². The summed E-state index contributed by atoms with van der Waals surface area (Å²) in [6.45, 7) is 3.63. The Morgan fingerprint density at radius 1 is 1.24 bits per heavy atom. The van der Waals surface area contributed by atoms with E-state index in [0.29, 0.717) is 12.0 Å². The standard InChI is InChI=1S/C14H21F4N3/c1-3-6-19-9-11-5-7-20-13(12(11)15)21(8-4-2)10-14(16,17)18/h5,7,19H,3-4,6,8-10H2,1-2H3. The summed E-state index contributed by atoms with van der Waals surface area (Å²) in [5, 5.41) is 3.03. The van der Waals surface area contributed by atoms with Gasteiger partial charge in [-0.1, -0.05) is 13.8 Å². The van der Waals surface area contributed by atoms with E-state index in [0.717, 1.165) is 17.9 Å². The average Bonchev–Trinajstić information content (AvgIpc) is 2.39. The zero-order valence-corrected chi connectivity index (χ0v) is 12.3. The van der Waals surface area contributed by atoms with Crippen LogP contribution in [0.4, 0.5) is 23.4 Å². The van der Waals surface area contributed by atoms with Crippen LogP contribution in [0.5, 0.6) is 0 Å². The van der Waals surface area contributed by atoms with Gasteiger partial charge in [-0.3, -0.25) is 0 Å². The van der Waals surface area contributed by atoms with Gasteiger partial charge in [0.2, 0.25) is 0 Å². The van der Waals surface area contributed by atoms with Crippen molar-refractivity contribution in [3.8, 4) is 0 Å². The fraction of sp³-hybridized carbons (Fsp3) is 0.643. The van der Waals surface area contributed by atoms with E-state index in [9.17, 15) is 17.6 Å². The minimum Gasteiger partial charge on any atom is -0.345 e. The van der Waals surface area contributed by atoms with Gasteiger partial charge < -0.3 is 10.2 Å². The van der Waals surface area contributed by atoms with Gasteiger partial charge in [-0.15, -0.1) is 0 Å². The molecule has 0 saturated heterocycles. The zero-order valence-electron chi connectivity index (χ0n) is 12.3. The number of hydrogen-bond acceptors (Lipinski definition) is 3. The van der Waals surface area contributed by atoms with Gasteiger partial charge in [0.15, 0.2) is 11.6 Å². The van der Waals surface area contributed by atoms with Crippen LogP contribution in [0.2, 0.25) is 0 Å². The molecule has 21 heavy (non-hydrogen) atoms. The molecule has 0 amide bonds. The third kappa shape index (κ3) is 5.87. The number of hydrogen-bond donors (Lipinski definition) is 1. The van der Waals surface area contributed by atoms with Crippen molar-refractivity contribution in [1.82, 2.24) is 10.3 Å². The molecule has 1 heterocycles. The number of halogens is 4. The minimum absolute atomic E-state index is 0.106. The van der Waals surface area contributed by atoms with Crippen LogP contribution in [0.15, 0.2) is 12.3 Å². The van der Waals surface area contributed by atoms with Gasteiger partial charge in [0.05, 0.1) is 0 Å². The largest absolute Gasteiger partial charge is 0.405 e. The molecule has 1 N–H and O–H groups in total. The molecule has 0 unspecified atom stereocenters. The Bertz CT molecular complexity index is 435. The molecule has 0 atom stereocenters. The molecule has 0 fully saturated rings. The number of alkyl halides is 3. The fourth-order valence-corrected chi connectivity index (χ4v) is 1.97. The van der Waals surface area contributed by atoms with Crippen LogP contribution in [0.3, 0.4) is 0 Å². The van der Waals surface area contributed by atoms with E-state index in [1.165, 1.54) is 12.3 Å². The normalized spacial score (nSPS) is 11.7. The van der Waals surface area contributed by atoms with E-state index in [1.54, 1.807) is 6.92 Å². The van der Waals surface area contributed by atoms with Gasteiger partial charge in [-0.05, 0) is 25.5 Å². The zero-order chi connectivity index (χ0) is 15.9. The lowest BCUT2D eigenvalue weighted by molar-refractivity contribution is -0.119. The molecule has 0 aliphatic rings. The molecular formula is C14H21F4N3. The predicted molar refractivity (Wildman–Crippen MR) is 74.8 cm³/mol. The van der Waals surface area contributed by atoms with E-state index in [4.69, 9.17) is 0 Å². The van der Waals surface area contributed by atoms with Crippen LogP contribution in [0, 0.1) is 5.82 Å². The van der Waals surface area contributed by atoms with Gasteiger partial charge in [0, 0.05) is 24.8 Å². The first kappa shape index (κ1) is 17.7. The summed E-state index contributed by atoms with van der Waals surface area (Å²) in [5.74, 6) is -0.913. The van der Waals surface area contributed by atoms with Gasteiger partial charge in [-0.2, -0.15) is 13.2 Å². The summed E-state index contributed by atoms with van der Waals surface area (Å²) in [5.41, 5.74) is 0.330. The summed E-state index contributed by atoms with van der Waals surface area (Å²) >= 11 is 0. The maximum atomic E-state index is 14.3. The average molecular weight is 307 g/mol. The molecule has 0 aromatic carbocycles. The van der Waals surface area contributed by atoms with Crippen molar-refractivity contribution in [2.45, 2.75) is 39.4 Å². The number of nitrogens with zero attached hydrogens (tertiary/aromatic N) is 2. The van der Waals surface area contributed by atoms with Crippen LogP contribution >= 0.6 is 0 Å². The third-order valence-electron chi connectivity index (χ3n) is 2.86. The smallest absolute Gasteiger partial charge is 0.345 e. The van der Waals surface area contributed by atoms with Crippen molar-refractivity contribution in [1.29, 1.82) is 0 Å². The molecular weight excluding hydrogens is 286 g/mol. The number of aromatic nitrogens is 1. The molecule has 0 spiro atoms. The molecule has 7 heteroatoms. The van der Waals surface area contributed by atoms with E-state index in [1.807, 2.05) is 6.92 Å². The van der Waals surface area contributed by atoms with E-state index in [2.05, 4.69) is 10.3 Å². The molecule has 0 radical (unpaired) electrons. The second kappa shape index (κ2) is 8.17. The van der Waals surface area contributed by atoms with Gasteiger partial charge in [0.25, 0.3) is 0 Å². The highest BCUT2D eigenvalue weighted by molar-refractivity contribution is 5.43. The van der Waals surface area contributed by atoms with E-state index >= 15 is 0 Å². The molecule has 3 nitrogen and oxygen atoms in total. The molecule has 0 bridgehead atoms. The first-order valence-electron chi connectivity index (χ1n) is 7.04.